The van der Waals surface area contributed by atoms with Crippen LogP contribution in [0.1, 0.15) is 103 Å². The molecule has 12 rings (SSSR count). The van der Waals surface area contributed by atoms with Gasteiger partial charge >= 0.3 is 34.3 Å². The summed E-state index contributed by atoms with van der Waals surface area (Å²) in [6.07, 6.45) is -3.46. The first kappa shape index (κ1) is 78.5. The lowest BCUT2D eigenvalue weighted by atomic mass is 9.94. The van der Waals surface area contributed by atoms with Gasteiger partial charge in [-0.3, -0.25) is 43.5 Å². The van der Waals surface area contributed by atoms with Crippen LogP contribution in [0.4, 0.5) is 11.4 Å². The Morgan fingerprint density at radius 2 is 1.13 bits per heavy atom. The SMILES string of the molecule is COc1cc2c(cc1OCc1cc(COc3cc4c(cc3OC)C(=O)N3Cc5ccccc5CC3C=N4)cc(C[N+](C)(C)Cc3ccc(OS(=O)(=O)Oc4cc(C(=O)NCCOCCN=[N+]=[N-])ccc4OC4O[C@H](COC(C)=O)[C@H](OC(C)=O)[C@H](OC(C)=O)[C@H]4OC(C)=O)cc3)c1)N=CC1Cc3ccccc3CN1C2=O. The van der Waals surface area contributed by atoms with Gasteiger partial charge in [-0.05, 0) is 125 Å². The van der Waals surface area contributed by atoms with Crippen LogP contribution < -0.4 is 37.4 Å². The molecule has 580 valence electrons. The second-order valence-electron chi connectivity index (χ2n) is 27.4. The molecule has 5 aliphatic heterocycles. The van der Waals surface area contributed by atoms with Crippen molar-refractivity contribution in [3.8, 4) is 40.2 Å². The van der Waals surface area contributed by atoms with Crippen molar-refractivity contribution in [1.29, 1.82) is 0 Å². The summed E-state index contributed by atoms with van der Waals surface area (Å²) in [6, 6.07) is 37.9. The smallest absolute Gasteiger partial charge is 0.493 e. The van der Waals surface area contributed by atoms with E-state index in [0.29, 0.717) is 89.0 Å². The highest BCUT2D eigenvalue weighted by atomic mass is 32.3. The monoisotopic (exact) mass is 1540 g/mol. The molecule has 3 unspecified atom stereocenters. The summed E-state index contributed by atoms with van der Waals surface area (Å²) in [5, 5.41) is 6.02. The molecule has 3 amide bonds. The second kappa shape index (κ2) is 34.6. The summed E-state index contributed by atoms with van der Waals surface area (Å²) in [7, 11) is 1.87. The van der Waals surface area contributed by atoms with E-state index < -0.39 is 89.0 Å². The quantitative estimate of drug-likeness (QED) is 0.00832. The summed E-state index contributed by atoms with van der Waals surface area (Å²) >= 11 is 0. The Kier molecular flexibility index (Phi) is 24.5. The Labute approximate surface area is 639 Å². The zero-order valence-electron chi connectivity index (χ0n) is 62.1. The van der Waals surface area contributed by atoms with Crippen molar-refractivity contribution in [1.82, 2.24) is 15.1 Å². The first-order valence-corrected chi connectivity index (χ1v) is 36.8. The van der Waals surface area contributed by atoms with Gasteiger partial charge < -0.3 is 80.1 Å². The highest BCUT2D eigenvalue weighted by Crippen LogP contribution is 2.43. The Morgan fingerprint density at radius 3 is 1.67 bits per heavy atom. The minimum Gasteiger partial charge on any atom is -0.493 e. The van der Waals surface area contributed by atoms with E-state index in [0.717, 1.165) is 84.3 Å². The number of nitrogens with one attached hydrogen (secondary N) is 1. The first-order valence-electron chi connectivity index (χ1n) is 35.5. The molecule has 1 saturated heterocycles. The predicted molar refractivity (Wildman–Crippen MR) is 397 cm³/mol. The van der Waals surface area contributed by atoms with Crippen molar-refractivity contribution < 1.29 is 107 Å². The van der Waals surface area contributed by atoms with Gasteiger partial charge in [-0.1, -0.05) is 53.6 Å². The van der Waals surface area contributed by atoms with Gasteiger partial charge in [0.25, 0.3) is 17.7 Å². The van der Waals surface area contributed by atoms with Crippen LogP contribution >= 0.6 is 0 Å². The van der Waals surface area contributed by atoms with Crippen LogP contribution in [-0.4, -0.2) is 181 Å². The van der Waals surface area contributed by atoms with Gasteiger partial charge in [0.05, 0.1) is 76.1 Å². The number of aliphatic imine (C=N–C) groups is 2. The molecule has 0 radical (unpaired) electrons. The van der Waals surface area contributed by atoms with E-state index in [1.165, 1.54) is 32.4 Å². The predicted octanol–water partition coefficient (Wildman–Crippen LogP) is 9.43. The summed E-state index contributed by atoms with van der Waals surface area (Å²) in [5.74, 6) is -4.59. The van der Waals surface area contributed by atoms with E-state index in [1.54, 1.807) is 36.4 Å². The number of methoxy groups -OCH3 is 2. The topological polar surface area (TPSA) is 366 Å². The normalized spacial score (nSPS) is 18.7. The number of carbonyl (C=O) groups excluding carboxylic acids is 7. The molecule has 31 nitrogen and oxygen atoms in total. The molecule has 1 N–H and O–H groups in total. The number of rotatable bonds is 30. The number of hydrogen-bond donors (Lipinski definition) is 1. The van der Waals surface area contributed by atoms with Crippen LogP contribution in [0.5, 0.6) is 40.2 Å². The Hall–Kier alpha value is -12.1. The standard InChI is InChI=1S/C79H81N9O22S/c1-46(89)101-45-72-73(104-47(2)90)74(105-48(3)91)75(106-49(4)92)79(108-72)107-66-22-19-56(76(93)81-23-25-100-26-24-84-85-80)32-71(66)110-111(96,97)109-61-20-17-50(18-21-61)41-88(5,6)42-51-27-52(43-102-69-35-64-62(33-67(69)98-7)77(94)86-39-57-15-11-9-13-54(57)30-59(86)37-82-64)29-53(28-51)44-103-70-36-65-63(34-68(70)99-8)78(95)87-40-58-16-12-10-14-55(58)31-60(87)38-83-65/h9-22,27-29,32-38,59-60,72-75,79H,23-26,30-31,39-45H2,1-8H3/p+1/t59?,60?,72-,73+,74+,75-,79?/m1/s1. The zero-order valence-corrected chi connectivity index (χ0v) is 62.9. The number of hydrogen-bond acceptors (Lipinski definition) is 25. The number of azide groups is 1. The van der Waals surface area contributed by atoms with Crippen LogP contribution in [0.3, 0.4) is 0 Å². The average molecular weight is 1540 g/mol. The number of benzene rings is 7. The minimum absolute atomic E-state index is 0.000349. The molecule has 1 fully saturated rings. The molecule has 0 bridgehead atoms. The average Bonchev–Trinajstić information content (AvgIpc) is 1.65. The van der Waals surface area contributed by atoms with Gasteiger partial charge in [0.1, 0.15) is 44.8 Å². The molecule has 111 heavy (non-hydrogen) atoms. The van der Waals surface area contributed by atoms with Crippen LogP contribution in [0, 0.1) is 0 Å². The Balaban J connectivity index is 0.788. The van der Waals surface area contributed by atoms with E-state index in [4.69, 9.17) is 76.0 Å². The van der Waals surface area contributed by atoms with Crippen molar-refractivity contribution in [2.75, 3.05) is 61.2 Å². The fourth-order valence-electron chi connectivity index (χ4n) is 13.8. The number of ether oxygens (including phenoxy) is 11. The molecule has 0 saturated carbocycles. The lowest BCUT2D eigenvalue weighted by Crippen LogP contribution is -2.63. The highest BCUT2D eigenvalue weighted by molar-refractivity contribution is 7.82. The summed E-state index contributed by atoms with van der Waals surface area (Å²) in [6.45, 7) is 5.40. The fourth-order valence-corrected chi connectivity index (χ4v) is 14.5. The van der Waals surface area contributed by atoms with E-state index in [2.05, 4.69) is 27.5 Å². The minimum atomic E-state index is -5.18. The first-order chi connectivity index (χ1) is 53.3. The van der Waals surface area contributed by atoms with Gasteiger partial charge in [0.2, 0.25) is 12.4 Å². The van der Waals surface area contributed by atoms with Gasteiger partial charge in [0.15, 0.2) is 46.7 Å². The molecule has 5 aliphatic rings. The van der Waals surface area contributed by atoms with Crippen molar-refractivity contribution in [2.24, 2.45) is 15.1 Å². The Bertz CT molecular complexity index is 4790. The van der Waals surface area contributed by atoms with Crippen molar-refractivity contribution in [2.45, 2.75) is 123 Å². The highest BCUT2D eigenvalue weighted by Gasteiger charge is 2.54. The van der Waals surface area contributed by atoms with E-state index >= 15 is 0 Å². The number of amides is 3. The van der Waals surface area contributed by atoms with Gasteiger partial charge in [-0.25, -0.2) is 0 Å². The van der Waals surface area contributed by atoms with Gasteiger partial charge in [-0.2, -0.15) is 0 Å². The summed E-state index contributed by atoms with van der Waals surface area (Å²) < 4.78 is 104. The number of esters is 4. The molecular formula is C79H82N9O22S+. The van der Waals surface area contributed by atoms with Crippen LogP contribution in [-0.2, 0) is 110 Å². The Morgan fingerprint density at radius 1 is 0.595 bits per heavy atom. The maximum atomic E-state index is 14.3. The number of quaternary nitrogens is 1. The molecule has 0 aromatic heterocycles. The van der Waals surface area contributed by atoms with Crippen LogP contribution in [0.15, 0.2) is 149 Å². The largest absolute Gasteiger partial charge is 0.501 e. The van der Waals surface area contributed by atoms with Gasteiger partial charge in [0, 0.05) is 100 Å². The lowest BCUT2D eigenvalue weighted by Gasteiger charge is -2.43. The third kappa shape index (κ3) is 19.5. The van der Waals surface area contributed by atoms with Gasteiger partial charge in [-0.15, -0.1) is 8.42 Å². The summed E-state index contributed by atoms with van der Waals surface area (Å²) in [5.41, 5.74) is 17.7. The maximum absolute atomic E-state index is 14.3. The molecule has 7 aromatic rings. The lowest BCUT2D eigenvalue weighted by molar-refractivity contribution is -0.916. The third-order valence-corrected chi connectivity index (χ3v) is 19.4. The zero-order chi connectivity index (χ0) is 78.7. The molecule has 32 heteroatoms. The fraction of sp³-hybridized carbons (Fsp3) is 0.354. The number of fused-ring (bicyclic) bond motifs is 6. The third-order valence-electron chi connectivity index (χ3n) is 18.7. The van der Waals surface area contributed by atoms with Crippen molar-refractivity contribution >= 4 is 75.8 Å². The van der Waals surface area contributed by atoms with Crippen molar-refractivity contribution in [3.63, 3.8) is 0 Å². The second-order valence-corrected chi connectivity index (χ2v) is 28.6. The number of nitrogens with zero attached hydrogens (tertiary/aromatic N) is 8. The molecule has 7 atom stereocenters. The van der Waals surface area contributed by atoms with Crippen LogP contribution in [0.2, 0.25) is 0 Å². The van der Waals surface area contributed by atoms with Crippen molar-refractivity contribution in [3.05, 3.63) is 205 Å². The van der Waals surface area contributed by atoms with E-state index in [1.807, 2.05) is 90.9 Å². The van der Waals surface area contributed by atoms with Crippen LogP contribution in [0.25, 0.3) is 10.4 Å². The molecule has 7 aromatic carbocycles. The molecule has 5 heterocycles. The number of carbonyl (C=O) groups is 7. The maximum Gasteiger partial charge on any atom is 0.501 e. The van der Waals surface area contributed by atoms with E-state index in [-0.39, 0.29) is 74.7 Å². The molecule has 0 spiro atoms. The molecule has 0 aliphatic carbocycles. The summed E-state index contributed by atoms with van der Waals surface area (Å²) in [4.78, 5) is 108. The van der Waals surface area contributed by atoms with E-state index in [9.17, 15) is 42.0 Å². The molecular weight excluding hydrogens is 1460 g/mol.